The van der Waals surface area contributed by atoms with Crippen LogP contribution in [0.1, 0.15) is 18.5 Å². The Morgan fingerprint density at radius 3 is 2.48 bits per heavy atom. The fourth-order valence-corrected chi connectivity index (χ4v) is 3.08. The van der Waals surface area contributed by atoms with Gasteiger partial charge >= 0.3 is 0 Å². The molecule has 21 heavy (non-hydrogen) atoms. The fraction of sp³-hybridized carbons (Fsp3) is 0.571. The summed E-state index contributed by atoms with van der Waals surface area (Å²) in [6.45, 7) is 4.92. The van der Waals surface area contributed by atoms with Crippen LogP contribution in [0.2, 0.25) is 5.02 Å². The van der Waals surface area contributed by atoms with Crippen molar-refractivity contribution in [2.75, 3.05) is 38.6 Å². The number of morpholine rings is 1. The molecule has 0 saturated carbocycles. The largest absolute Gasteiger partial charge is 0.379 e. The number of hydrogen-bond donors (Lipinski definition) is 1. The summed E-state index contributed by atoms with van der Waals surface area (Å²) < 4.78 is 31.4. The van der Waals surface area contributed by atoms with Gasteiger partial charge in [-0.3, -0.25) is 4.90 Å². The first-order chi connectivity index (χ1) is 10.0. The first-order valence-electron chi connectivity index (χ1n) is 7.06. The highest BCUT2D eigenvalue weighted by Gasteiger charge is 2.24. The van der Waals surface area contributed by atoms with E-state index in [-0.39, 0.29) is 11.8 Å². The molecule has 5 nitrogen and oxygen atoms in total. The summed E-state index contributed by atoms with van der Waals surface area (Å²) in [6, 6.07) is 7.55. The molecule has 0 spiro atoms. The van der Waals surface area contributed by atoms with Gasteiger partial charge in [-0.25, -0.2) is 13.1 Å². The number of hydrogen-bond acceptors (Lipinski definition) is 4. The van der Waals surface area contributed by atoms with Crippen molar-refractivity contribution in [3.05, 3.63) is 34.9 Å². The maximum atomic E-state index is 11.7. The summed E-state index contributed by atoms with van der Waals surface area (Å²) in [5.41, 5.74) is 1.06. The minimum absolute atomic E-state index is 0.00695. The molecule has 0 aromatic heterocycles. The molecule has 1 heterocycles. The van der Waals surface area contributed by atoms with Gasteiger partial charge in [0.25, 0.3) is 0 Å². The van der Waals surface area contributed by atoms with Crippen LogP contribution in [0.5, 0.6) is 0 Å². The van der Waals surface area contributed by atoms with Crippen molar-refractivity contribution in [1.82, 2.24) is 9.62 Å². The van der Waals surface area contributed by atoms with E-state index in [4.69, 9.17) is 16.3 Å². The van der Waals surface area contributed by atoms with Gasteiger partial charge < -0.3 is 4.74 Å². The van der Waals surface area contributed by atoms with Crippen LogP contribution in [0.25, 0.3) is 0 Å². The van der Waals surface area contributed by atoms with E-state index >= 15 is 0 Å². The van der Waals surface area contributed by atoms with Crippen LogP contribution in [-0.2, 0) is 14.8 Å². The second kappa shape index (κ2) is 7.56. The lowest BCUT2D eigenvalue weighted by atomic mass is 10.1. The normalized spacial score (nSPS) is 18.6. The fourth-order valence-electron chi connectivity index (χ4n) is 2.34. The number of sulfonamides is 1. The third-order valence-electron chi connectivity index (χ3n) is 3.62. The van der Waals surface area contributed by atoms with Crippen molar-refractivity contribution in [3.8, 4) is 0 Å². The van der Waals surface area contributed by atoms with Gasteiger partial charge in [0.05, 0.1) is 19.0 Å². The Hall–Kier alpha value is -0.660. The van der Waals surface area contributed by atoms with Crippen LogP contribution in [0.15, 0.2) is 24.3 Å². The predicted octanol–water partition coefficient (Wildman–Crippen LogP) is 1.65. The Kier molecular flexibility index (Phi) is 6.01. The Morgan fingerprint density at radius 1 is 1.29 bits per heavy atom. The number of halogens is 1. The lowest BCUT2D eigenvalue weighted by Crippen LogP contribution is -2.44. The minimum Gasteiger partial charge on any atom is -0.379 e. The smallest absolute Gasteiger partial charge is 0.211 e. The van der Waals surface area contributed by atoms with Crippen molar-refractivity contribution in [1.29, 1.82) is 0 Å². The van der Waals surface area contributed by atoms with Crippen molar-refractivity contribution in [2.45, 2.75) is 13.0 Å². The molecule has 2 rings (SSSR count). The summed E-state index contributed by atoms with van der Waals surface area (Å²) in [4.78, 5) is 2.24. The Balaban J connectivity index is 2.15. The predicted molar refractivity (Wildman–Crippen MR) is 84.0 cm³/mol. The van der Waals surface area contributed by atoms with E-state index in [1.165, 1.54) is 0 Å². The van der Waals surface area contributed by atoms with Crippen LogP contribution in [0.4, 0.5) is 0 Å². The van der Waals surface area contributed by atoms with Crippen molar-refractivity contribution in [3.63, 3.8) is 0 Å². The van der Waals surface area contributed by atoms with E-state index in [0.717, 1.165) is 18.7 Å². The molecule has 1 N–H and O–H groups in total. The molecule has 1 fully saturated rings. The zero-order valence-electron chi connectivity index (χ0n) is 12.1. The molecule has 1 atom stereocenters. The van der Waals surface area contributed by atoms with Gasteiger partial charge in [-0.15, -0.1) is 0 Å². The standard InChI is InChI=1S/C14H21ClN2O3S/c1-2-21(18,19)16-11-14(17-7-9-20-10-8-17)12-3-5-13(15)6-4-12/h3-6,14,16H,2,7-11H2,1H3. The Labute approximate surface area is 131 Å². The zero-order chi connectivity index (χ0) is 15.3. The van der Waals surface area contributed by atoms with E-state index in [2.05, 4.69) is 9.62 Å². The van der Waals surface area contributed by atoms with E-state index in [1.807, 2.05) is 24.3 Å². The van der Waals surface area contributed by atoms with Gasteiger partial charge in [0.2, 0.25) is 10.0 Å². The second-order valence-electron chi connectivity index (χ2n) is 4.97. The van der Waals surface area contributed by atoms with E-state index in [1.54, 1.807) is 6.92 Å². The third kappa shape index (κ3) is 4.93. The molecule has 1 aromatic rings. The van der Waals surface area contributed by atoms with Gasteiger partial charge in [0.1, 0.15) is 0 Å². The number of nitrogens with one attached hydrogen (secondary N) is 1. The number of benzene rings is 1. The van der Waals surface area contributed by atoms with Crippen LogP contribution in [-0.4, -0.2) is 51.9 Å². The summed E-state index contributed by atoms with van der Waals surface area (Å²) >= 11 is 5.93. The van der Waals surface area contributed by atoms with Gasteiger partial charge in [-0.05, 0) is 24.6 Å². The van der Waals surface area contributed by atoms with E-state index < -0.39 is 10.0 Å². The van der Waals surface area contributed by atoms with Crippen LogP contribution >= 0.6 is 11.6 Å². The van der Waals surface area contributed by atoms with Crippen molar-refractivity contribution < 1.29 is 13.2 Å². The van der Waals surface area contributed by atoms with E-state index in [9.17, 15) is 8.42 Å². The number of rotatable bonds is 6. The molecule has 118 valence electrons. The quantitative estimate of drug-likeness (QED) is 0.860. The highest BCUT2D eigenvalue weighted by atomic mass is 35.5. The first-order valence-corrected chi connectivity index (χ1v) is 9.09. The molecule has 7 heteroatoms. The summed E-state index contributed by atoms with van der Waals surface area (Å²) in [6.07, 6.45) is 0. The molecule has 1 aliphatic heterocycles. The van der Waals surface area contributed by atoms with Gasteiger partial charge in [-0.2, -0.15) is 0 Å². The van der Waals surface area contributed by atoms with Crippen molar-refractivity contribution >= 4 is 21.6 Å². The average Bonchev–Trinajstić information content (AvgIpc) is 2.50. The SMILES string of the molecule is CCS(=O)(=O)NCC(c1ccc(Cl)cc1)N1CCOCC1. The first kappa shape index (κ1) is 16.7. The highest BCUT2D eigenvalue weighted by Crippen LogP contribution is 2.23. The molecule has 0 amide bonds. The molecule has 1 aliphatic rings. The van der Waals surface area contributed by atoms with Gasteiger partial charge in [-0.1, -0.05) is 23.7 Å². The van der Waals surface area contributed by atoms with Crippen molar-refractivity contribution in [2.24, 2.45) is 0 Å². The van der Waals surface area contributed by atoms with Gasteiger partial charge in [0.15, 0.2) is 0 Å². The highest BCUT2D eigenvalue weighted by molar-refractivity contribution is 7.89. The summed E-state index contributed by atoms with van der Waals surface area (Å²) in [7, 11) is -3.20. The molecule has 1 aromatic carbocycles. The topological polar surface area (TPSA) is 58.6 Å². The molecule has 0 aliphatic carbocycles. The second-order valence-corrected chi connectivity index (χ2v) is 7.50. The lowest BCUT2D eigenvalue weighted by Gasteiger charge is -2.34. The monoisotopic (exact) mass is 332 g/mol. The van der Waals surface area contributed by atoms with Crippen LogP contribution in [0.3, 0.4) is 0 Å². The molecule has 1 unspecified atom stereocenters. The van der Waals surface area contributed by atoms with Crippen LogP contribution < -0.4 is 4.72 Å². The summed E-state index contributed by atoms with van der Waals surface area (Å²) in [5, 5.41) is 0.675. The maximum Gasteiger partial charge on any atom is 0.211 e. The molecule has 1 saturated heterocycles. The maximum absolute atomic E-state index is 11.7. The lowest BCUT2D eigenvalue weighted by molar-refractivity contribution is 0.0172. The Bertz CT molecular complexity index is 542. The van der Waals surface area contributed by atoms with Crippen LogP contribution in [0, 0.1) is 0 Å². The third-order valence-corrected chi connectivity index (χ3v) is 5.24. The van der Waals surface area contributed by atoms with Gasteiger partial charge in [0, 0.05) is 30.7 Å². The average molecular weight is 333 g/mol. The molecular weight excluding hydrogens is 312 g/mol. The zero-order valence-corrected chi connectivity index (χ0v) is 13.7. The Morgan fingerprint density at radius 2 is 1.90 bits per heavy atom. The number of ether oxygens (including phenoxy) is 1. The molecule has 0 radical (unpaired) electrons. The molecular formula is C14H21ClN2O3S. The summed E-state index contributed by atoms with van der Waals surface area (Å²) in [5.74, 6) is 0.0868. The minimum atomic E-state index is -3.20. The molecule has 0 bridgehead atoms. The number of nitrogens with zero attached hydrogens (tertiary/aromatic N) is 1. The van der Waals surface area contributed by atoms with E-state index in [0.29, 0.717) is 24.8 Å².